The zero-order chi connectivity index (χ0) is 25.5. The highest BCUT2D eigenvalue weighted by Crippen LogP contribution is 2.56. The van der Waals surface area contributed by atoms with Crippen molar-refractivity contribution in [3.05, 3.63) is 101 Å². The highest BCUT2D eigenvalue weighted by atomic mass is 19.1. The summed E-state index contributed by atoms with van der Waals surface area (Å²) in [6.45, 7) is 6.36. The van der Waals surface area contributed by atoms with Crippen LogP contribution < -0.4 is 0 Å². The molecule has 2 aliphatic rings. The number of hydrogen-bond acceptors (Lipinski definition) is 3. The number of hydrogen-bond donors (Lipinski definition) is 1. The summed E-state index contributed by atoms with van der Waals surface area (Å²) >= 11 is 0. The van der Waals surface area contributed by atoms with E-state index in [1.165, 1.54) is 17.7 Å². The standard InChI is InChI=1S/C30H32FN3O2/c1-4-17-33(3)28(35)26-8-6-5-7-21(26)13-15-30(36)16-14-23-18-27-22(19-29(23,30)2)20-32-34(27)25-11-9-24(31)10-12-25/h4-12,18,20,36H,1,13-17,19H2,2-3H3/t29-,30-/m0/s1. The van der Waals surface area contributed by atoms with E-state index in [1.807, 2.05) is 35.1 Å². The van der Waals surface area contributed by atoms with Gasteiger partial charge < -0.3 is 10.0 Å². The molecule has 186 valence electrons. The van der Waals surface area contributed by atoms with Gasteiger partial charge in [0.15, 0.2) is 0 Å². The molecular weight excluding hydrogens is 453 g/mol. The van der Waals surface area contributed by atoms with Gasteiger partial charge in [0, 0.05) is 24.6 Å². The third kappa shape index (κ3) is 3.99. The Labute approximate surface area is 211 Å². The van der Waals surface area contributed by atoms with Crippen LogP contribution in [0.5, 0.6) is 0 Å². The first-order valence-corrected chi connectivity index (χ1v) is 12.5. The molecule has 0 spiro atoms. The lowest BCUT2D eigenvalue weighted by molar-refractivity contribution is -0.0462. The maximum absolute atomic E-state index is 13.4. The van der Waals surface area contributed by atoms with Crippen LogP contribution in [0, 0.1) is 11.2 Å². The monoisotopic (exact) mass is 485 g/mol. The summed E-state index contributed by atoms with van der Waals surface area (Å²) in [5, 5.41) is 16.6. The number of nitrogens with zero attached hydrogens (tertiary/aromatic N) is 3. The van der Waals surface area contributed by atoms with Crippen LogP contribution in [0.1, 0.15) is 53.4 Å². The largest absolute Gasteiger partial charge is 0.389 e. The molecule has 1 fully saturated rings. The second kappa shape index (κ2) is 9.17. The van der Waals surface area contributed by atoms with Crippen LogP contribution in [0.4, 0.5) is 4.39 Å². The van der Waals surface area contributed by atoms with Crippen molar-refractivity contribution >= 4 is 12.0 Å². The smallest absolute Gasteiger partial charge is 0.254 e. The number of carbonyl (C=O) groups excluding carboxylic acids is 1. The number of fused-ring (bicyclic) bond motifs is 2. The summed E-state index contributed by atoms with van der Waals surface area (Å²) in [6.07, 6.45) is 9.09. The Bertz CT molecular complexity index is 1340. The Kier molecular flexibility index (Phi) is 6.17. The molecule has 1 amide bonds. The molecule has 0 bridgehead atoms. The number of benzene rings is 2. The number of likely N-dealkylation sites (N-methyl/N-ethyl adjacent to an activating group) is 1. The van der Waals surface area contributed by atoms with Gasteiger partial charge in [0.25, 0.3) is 5.91 Å². The number of amides is 1. The number of aliphatic hydroxyl groups is 1. The average Bonchev–Trinajstić information content (AvgIpc) is 3.39. The van der Waals surface area contributed by atoms with Gasteiger partial charge in [0.1, 0.15) is 5.82 Å². The van der Waals surface area contributed by atoms with Crippen LogP contribution in [-0.2, 0) is 12.8 Å². The summed E-state index contributed by atoms with van der Waals surface area (Å²) in [5.74, 6) is -0.312. The molecule has 5 rings (SSSR count). The van der Waals surface area contributed by atoms with Crippen LogP contribution in [0.25, 0.3) is 11.8 Å². The van der Waals surface area contributed by atoms with E-state index < -0.39 is 11.0 Å². The summed E-state index contributed by atoms with van der Waals surface area (Å²) in [7, 11) is 1.77. The van der Waals surface area contributed by atoms with Crippen LogP contribution in [-0.4, -0.2) is 44.9 Å². The molecule has 1 saturated carbocycles. The van der Waals surface area contributed by atoms with E-state index in [4.69, 9.17) is 0 Å². The van der Waals surface area contributed by atoms with Gasteiger partial charge in [-0.3, -0.25) is 4.79 Å². The van der Waals surface area contributed by atoms with Crippen molar-refractivity contribution in [2.45, 2.75) is 44.6 Å². The Balaban J connectivity index is 1.39. The van der Waals surface area contributed by atoms with E-state index in [1.54, 1.807) is 30.2 Å². The molecule has 0 saturated heterocycles. The zero-order valence-corrected chi connectivity index (χ0v) is 20.9. The molecule has 0 aliphatic heterocycles. The molecule has 36 heavy (non-hydrogen) atoms. The Morgan fingerprint density at radius 1 is 1.25 bits per heavy atom. The zero-order valence-electron chi connectivity index (χ0n) is 20.9. The molecule has 2 aliphatic carbocycles. The lowest BCUT2D eigenvalue weighted by Gasteiger charge is -2.42. The van der Waals surface area contributed by atoms with Crippen molar-refractivity contribution in [1.29, 1.82) is 0 Å². The van der Waals surface area contributed by atoms with Crippen LogP contribution >= 0.6 is 0 Å². The SMILES string of the molecule is C=CCN(C)C(=O)c1ccccc1CC[C@]1(O)CCC2=Cc3c(cnn3-c3ccc(F)cc3)C[C@@]21C. The lowest BCUT2D eigenvalue weighted by atomic mass is 9.65. The van der Waals surface area contributed by atoms with E-state index in [-0.39, 0.29) is 11.7 Å². The summed E-state index contributed by atoms with van der Waals surface area (Å²) in [4.78, 5) is 14.6. The molecule has 2 aromatic carbocycles. The van der Waals surface area contributed by atoms with E-state index >= 15 is 0 Å². The second-order valence-corrected chi connectivity index (χ2v) is 10.3. The van der Waals surface area contributed by atoms with Gasteiger partial charge >= 0.3 is 0 Å². The van der Waals surface area contributed by atoms with Crippen LogP contribution in [0.2, 0.25) is 0 Å². The summed E-state index contributed by atoms with van der Waals surface area (Å²) < 4.78 is 15.3. The molecule has 3 aromatic rings. The Hall–Kier alpha value is -3.51. The van der Waals surface area contributed by atoms with Crippen LogP contribution in [0.15, 0.2) is 73.0 Å². The fraction of sp³-hybridized carbons (Fsp3) is 0.333. The molecule has 1 aromatic heterocycles. The molecule has 5 nitrogen and oxygen atoms in total. The van der Waals surface area contributed by atoms with Gasteiger partial charge in [0.05, 0.1) is 23.2 Å². The number of aryl methyl sites for hydroxylation is 1. The van der Waals surface area contributed by atoms with Gasteiger partial charge in [-0.2, -0.15) is 5.10 Å². The Morgan fingerprint density at radius 2 is 2.00 bits per heavy atom. The van der Waals surface area contributed by atoms with E-state index in [0.29, 0.717) is 37.8 Å². The number of halogens is 1. The minimum atomic E-state index is -0.891. The van der Waals surface area contributed by atoms with Gasteiger partial charge in [-0.15, -0.1) is 6.58 Å². The van der Waals surface area contributed by atoms with Crippen molar-refractivity contribution in [1.82, 2.24) is 14.7 Å². The Morgan fingerprint density at radius 3 is 2.75 bits per heavy atom. The third-order valence-corrected chi connectivity index (χ3v) is 8.16. The summed E-state index contributed by atoms with van der Waals surface area (Å²) in [5.41, 5.74) is 4.44. The predicted octanol–water partition coefficient (Wildman–Crippen LogP) is 5.37. The van der Waals surface area contributed by atoms with Crippen molar-refractivity contribution in [3.63, 3.8) is 0 Å². The molecule has 1 N–H and O–H groups in total. The van der Waals surface area contributed by atoms with Gasteiger partial charge in [-0.05, 0) is 79.6 Å². The van der Waals surface area contributed by atoms with E-state index in [0.717, 1.165) is 28.9 Å². The first kappa shape index (κ1) is 24.2. The molecule has 2 atom stereocenters. The maximum atomic E-state index is 13.4. The normalized spacial score (nSPS) is 22.5. The highest BCUT2D eigenvalue weighted by Gasteiger charge is 2.54. The highest BCUT2D eigenvalue weighted by molar-refractivity contribution is 5.95. The third-order valence-electron chi connectivity index (χ3n) is 8.16. The van der Waals surface area contributed by atoms with Crippen molar-refractivity contribution in [2.75, 3.05) is 13.6 Å². The van der Waals surface area contributed by atoms with Gasteiger partial charge in [0.2, 0.25) is 0 Å². The van der Waals surface area contributed by atoms with Gasteiger partial charge in [-0.25, -0.2) is 9.07 Å². The lowest BCUT2D eigenvalue weighted by Crippen LogP contribution is -2.45. The molecule has 1 heterocycles. The van der Waals surface area contributed by atoms with E-state index in [2.05, 4.69) is 24.7 Å². The first-order chi connectivity index (χ1) is 17.3. The van der Waals surface area contributed by atoms with Crippen molar-refractivity contribution in [3.8, 4) is 5.69 Å². The number of aromatic nitrogens is 2. The quantitative estimate of drug-likeness (QED) is 0.458. The molecular formula is C30H32FN3O2. The van der Waals surface area contributed by atoms with Crippen LogP contribution in [0.3, 0.4) is 0 Å². The van der Waals surface area contributed by atoms with Gasteiger partial charge in [-0.1, -0.05) is 36.8 Å². The minimum absolute atomic E-state index is 0.0359. The first-order valence-electron chi connectivity index (χ1n) is 12.5. The predicted molar refractivity (Wildman–Crippen MR) is 139 cm³/mol. The molecule has 0 radical (unpaired) electrons. The van der Waals surface area contributed by atoms with Crippen molar-refractivity contribution < 1.29 is 14.3 Å². The number of rotatable bonds is 7. The molecule has 0 unspecified atom stereocenters. The van der Waals surface area contributed by atoms with Crippen molar-refractivity contribution in [2.24, 2.45) is 5.41 Å². The second-order valence-electron chi connectivity index (χ2n) is 10.3. The average molecular weight is 486 g/mol. The number of carbonyl (C=O) groups is 1. The maximum Gasteiger partial charge on any atom is 0.254 e. The fourth-order valence-electron chi connectivity index (χ4n) is 5.89. The topological polar surface area (TPSA) is 58.4 Å². The minimum Gasteiger partial charge on any atom is -0.389 e. The molecule has 6 heteroatoms. The van der Waals surface area contributed by atoms with E-state index in [9.17, 15) is 14.3 Å². The summed E-state index contributed by atoms with van der Waals surface area (Å²) in [6, 6.07) is 14.0. The fourth-order valence-corrected chi connectivity index (χ4v) is 5.89.